The van der Waals surface area contributed by atoms with Crippen LogP contribution in [0.3, 0.4) is 0 Å². The van der Waals surface area contributed by atoms with E-state index in [0.717, 1.165) is 5.56 Å². The minimum Gasteiger partial charge on any atom is -0.507 e. The van der Waals surface area contributed by atoms with Gasteiger partial charge in [-0.3, -0.25) is 4.79 Å². The van der Waals surface area contributed by atoms with Gasteiger partial charge in [0, 0.05) is 17.5 Å². The average molecular weight is 244 g/mol. The van der Waals surface area contributed by atoms with E-state index in [1.165, 1.54) is 12.3 Å². The second kappa shape index (κ2) is 3.38. The molecule has 1 aliphatic carbocycles. The highest BCUT2D eigenvalue weighted by Gasteiger charge is 2.32. The monoisotopic (exact) mass is 244 g/mol. The quantitative estimate of drug-likeness (QED) is 0.596. The number of hydrogen-bond donors (Lipinski definition) is 2. The molecule has 0 fully saturated rings. The number of carbonyl (C=O) groups excluding carboxylic acids is 1. The smallest absolute Gasteiger partial charge is 0.200 e. The fraction of sp³-hybridized carbons (Fsp3) is 0.214. The molecule has 0 saturated carbocycles. The van der Waals surface area contributed by atoms with Gasteiger partial charge in [0.05, 0.1) is 17.4 Å². The van der Waals surface area contributed by atoms with Gasteiger partial charge in [0.25, 0.3) is 0 Å². The summed E-state index contributed by atoms with van der Waals surface area (Å²) in [7, 11) is 0. The molecule has 1 heterocycles. The van der Waals surface area contributed by atoms with Crippen molar-refractivity contribution in [2.75, 3.05) is 0 Å². The van der Waals surface area contributed by atoms with Crippen LogP contribution in [0.2, 0.25) is 0 Å². The molecular formula is C14H12O4. The number of ketones is 1. The average Bonchev–Trinajstić information content (AvgIpc) is 2.68. The number of aromatic hydroxyl groups is 2. The van der Waals surface area contributed by atoms with Crippen LogP contribution in [0.4, 0.5) is 0 Å². The maximum Gasteiger partial charge on any atom is 0.200 e. The highest BCUT2D eigenvalue weighted by molar-refractivity contribution is 6.15. The van der Waals surface area contributed by atoms with Crippen LogP contribution in [-0.2, 0) is 6.42 Å². The molecule has 0 atom stereocenters. The predicted molar refractivity (Wildman–Crippen MR) is 64.2 cm³/mol. The van der Waals surface area contributed by atoms with Crippen LogP contribution in [0.25, 0.3) is 0 Å². The van der Waals surface area contributed by atoms with Crippen molar-refractivity contribution in [1.29, 1.82) is 0 Å². The molecule has 2 aromatic rings. The molecule has 1 aromatic heterocycles. The first-order chi connectivity index (χ1) is 8.50. The summed E-state index contributed by atoms with van der Waals surface area (Å²) in [6, 6.07) is 1.41. The molecule has 0 saturated heterocycles. The second-order valence-corrected chi connectivity index (χ2v) is 4.61. The Morgan fingerprint density at radius 3 is 2.67 bits per heavy atom. The third-order valence-corrected chi connectivity index (χ3v) is 3.44. The summed E-state index contributed by atoms with van der Waals surface area (Å²) in [5.74, 6) is 0.239. The molecule has 18 heavy (non-hydrogen) atoms. The van der Waals surface area contributed by atoms with Crippen LogP contribution in [0, 0.1) is 13.8 Å². The van der Waals surface area contributed by atoms with E-state index in [0.29, 0.717) is 28.9 Å². The SMILES string of the molecule is Cc1cc(O)c2c(c1O)Cc1coc(C)c1C2=O. The molecule has 1 aliphatic rings. The predicted octanol–water partition coefficient (Wildman–Crippen LogP) is 2.44. The lowest BCUT2D eigenvalue weighted by Crippen LogP contribution is -2.15. The summed E-state index contributed by atoms with van der Waals surface area (Å²) in [4.78, 5) is 12.3. The van der Waals surface area contributed by atoms with Crippen LogP contribution >= 0.6 is 0 Å². The zero-order chi connectivity index (χ0) is 13.0. The molecule has 0 unspecified atom stereocenters. The highest BCUT2D eigenvalue weighted by atomic mass is 16.3. The van der Waals surface area contributed by atoms with Crippen molar-refractivity contribution in [3.8, 4) is 11.5 Å². The third-order valence-electron chi connectivity index (χ3n) is 3.44. The van der Waals surface area contributed by atoms with E-state index < -0.39 is 0 Å². The van der Waals surface area contributed by atoms with E-state index in [9.17, 15) is 15.0 Å². The summed E-state index contributed by atoms with van der Waals surface area (Å²) < 4.78 is 5.24. The van der Waals surface area contributed by atoms with Gasteiger partial charge in [-0.05, 0) is 25.5 Å². The number of benzene rings is 1. The van der Waals surface area contributed by atoms with Crippen molar-refractivity contribution < 1.29 is 19.4 Å². The van der Waals surface area contributed by atoms with E-state index in [1.54, 1.807) is 13.8 Å². The Labute approximate surface area is 103 Å². The molecule has 0 spiro atoms. The number of aryl methyl sites for hydroxylation is 2. The van der Waals surface area contributed by atoms with Crippen molar-refractivity contribution in [3.63, 3.8) is 0 Å². The number of fused-ring (bicyclic) bond motifs is 2. The van der Waals surface area contributed by atoms with Crippen molar-refractivity contribution in [2.45, 2.75) is 20.3 Å². The van der Waals surface area contributed by atoms with Crippen molar-refractivity contribution in [1.82, 2.24) is 0 Å². The first kappa shape index (κ1) is 10.9. The molecule has 92 valence electrons. The Kier molecular flexibility index (Phi) is 2.05. The zero-order valence-electron chi connectivity index (χ0n) is 10.1. The van der Waals surface area contributed by atoms with Crippen LogP contribution in [-0.4, -0.2) is 16.0 Å². The third kappa shape index (κ3) is 1.23. The Balaban J connectivity index is 2.33. The van der Waals surface area contributed by atoms with Crippen molar-refractivity contribution >= 4 is 5.78 Å². The van der Waals surface area contributed by atoms with Crippen molar-refractivity contribution in [2.24, 2.45) is 0 Å². The van der Waals surface area contributed by atoms with E-state index in [-0.39, 0.29) is 22.8 Å². The molecule has 0 amide bonds. The summed E-state index contributed by atoms with van der Waals surface area (Å²) in [6.45, 7) is 3.41. The molecule has 4 heteroatoms. The normalized spacial score (nSPS) is 13.3. The van der Waals surface area contributed by atoms with Crippen LogP contribution in [0.15, 0.2) is 16.7 Å². The van der Waals surface area contributed by atoms with Gasteiger partial charge in [0.1, 0.15) is 17.3 Å². The largest absolute Gasteiger partial charge is 0.507 e. The molecule has 0 aliphatic heterocycles. The van der Waals surface area contributed by atoms with Gasteiger partial charge in [-0.25, -0.2) is 0 Å². The van der Waals surface area contributed by atoms with Gasteiger partial charge in [-0.1, -0.05) is 0 Å². The Morgan fingerprint density at radius 2 is 1.94 bits per heavy atom. The molecule has 3 rings (SSSR count). The summed E-state index contributed by atoms with van der Waals surface area (Å²) in [5, 5.41) is 19.9. The van der Waals surface area contributed by atoms with Crippen LogP contribution in [0.1, 0.15) is 38.4 Å². The summed E-state index contributed by atoms with van der Waals surface area (Å²) in [6.07, 6.45) is 1.93. The van der Waals surface area contributed by atoms with Gasteiger partial charge in [0.15, 0.2) is 0 Å². The van der Waals surface area contributed by atoms with E-state index in [2.05, 4.69) is 0 Å². The number of phenols is 2. The van der Waals surface area contributed by atoms with Crippen LogP contribution in [0.5, 0.6) is 11.5 Å². The minimum atomic E-state index is -0.287. The number of phenolic OH excluding ortho intramolecular Hbond substituents is 2. The van der Waals surface area contributed by atoms with Gasteiger partial charge in [0.2, 0.25) is 5.78 Å². The fourth-order valence-corrected chi connectivity index (χ4v) is 2.54. The summed E-state index contributed by atoms with van der Waals surface area (Å²) in [5.41, 5.74) is 2.48. The lowest BCUT2D eigenvalue weighted by Gasteiger charge is -2.19. The Hall–Kier alpha value is -2.23. The van der Waals surface area contributed by atoms with Crippen LogP contribution < -0.4 is 0 Å². The Bertz CT molecular complexity index is 680. The molecule has 1 aromatic carbocycles. The van der Waals surface area contributed by atoms with Gasteiger partial charge in [-0.2, -0.15) is 0 Å². The van der Waals surface area contributed by atoms with E-state index in [1.807, 2.05) is 0 Å². The number of hydrogen-bond acceptors (Lipinski definition) is 4. The number of carbonyl (C=O) groups is 1. The van der Waals surface area contributed by atoms with E-state index >= 15 is 0 Å². The topological polar surface area (TPSA) is 70.7 Å². The molecule has 0 bridgehead atoms. The zero-order valence-corrected chi connectivity index (χ0v) is 10.1. The van der Waals surface area contributed by atoms with Gasteiger partial charge >= 0.3 is 0 Å². The second-order valence-electron chi connectivity index (χ2n) is 4.61. The maximum atomic E-state index is 12.3. The highest BCUT2D eigenvalue weighted by Crippen LogP contribution is 2.40. The number of rotatable bonds is 0. The Morgan fingerprint density at radius 1 is 1.22 bits per heavy atom. The standard InChI is InChI=1S/C14H12O4/c1-6-3-10(15)12-9(13(6)16)4-8-5-18-7(2)11(8)14(12)17/h3,5,15-16H,4H2,1-2H3. The lowest BCUT2D eigenvalue weighted by molar-refractivity contribution is 0.103. The summed E-state index contributed by atoms with van der Waals surface area (Å²) >= 11 is 0. The maximum absolute atomic E-state index is 12.3. The molecule has 4 nitrogen and oxygen atoms in total. The van der Waals surface area contributed by atoms with Gasteiger partial charge in [-0.15, -0.1) is 0 Å². The molecule has 0 radical (unpaired) electrons. The number of furan rings is 1. The fourth-order valence-electron chi connectivity index (χ4n) is 2.54. The molecule has 2 N–H and O–H groups in total. The first-order valence-electron chi connectivity index (χ1n) is 5.66. The van der Waals surface area contributed by atoms with Crippen molar-refractivity contribution in [3.05, 3.63) is 45.9 Å². The first-order valence-corrected chi connectivity index (χ1v) is 5.66. The molecular weight excluding hydrogens is 232 g/mol. The van der Waals surface area contributed by atoms with E-state index in [4.69, 9.17) is 4.42 Å². The minimum absolute atomic E-state index is 0.0700. The lowest BCUT2D eigenvalue weighted by atomic mass is 9.84. The van der Waals surface area contributed by atoms with Gasteiger partial charge < -0.3 is 14.6 Å².